The van der Waals surface area contributed by atoms with Gasteiger partial charge in [-0.05, 0) is 25.0 Å². The number of rotatable bonds is 4. The van der Waals surface area contributed by atoms with E-state index in [1.54, 1.807) is 11.4 Å². The molecule has 0 spiro atoms. The van der Waals surface area contributed by atoms with Crippen LogP contribution in [-0.2, 0) is 14.3 Å². The number of nitrogens with zero attached hydrogens (tertiary/aromatic N) is 4. The molecule has 2 N–H and O–H groups in total. The van der Waals surface area contributed by atoms with Crippen LogP contribution in [0.5, 0.6) is 0 Å². The molecule has 8 nitrogen and oxygen atoms in total. The standard InChI is InChI=1S/C15H17N5O3/c1-2-13(21)22-8-15(7-16)6-5-12(23-15)10-3-4-11-14(17)18-9-19-20(10)11/h3-4,9,12H,2,5-6,8H2,1H3,(H2,17,18,19). The third kappa shape index (κ3) is 2.71. The lowest BCUT2D eigenvalue weighted by Gasteiger charge is -2.21. The molecule has 3 heterocycles. The number of ether oxygens (including phenoxy) is 2. The molecule has 2 unspecified atom stereocenters. The van der Waals surface area contributed by atoms with Gasteiger partial charge in [0.2, 0.25) is 0 Å². The second kappa shape index (κ2) is 5.85. The summed E-state index contributed by atoms with van der Waals surface area (Å²) in [6.45, 7) is 1.64. The van der Waals surface area contributed by atoms with Crippen molar-refractivity contribution in [1.82, 2.24) is 14.6 Å². The first-order chi connectivity index (χ1) is 11.1. The van der Waals surface area contributed by atoms with Crippen LogP contribution in [0.3, 0.4) is 0 Å². The number of anilines is 1. The quantitative estimate of drug-likeness (QED) is 0.847. The molecule has 0 saturated carbocycles. The number of hydrogen-bond donors (Lipinski definition) is 1. The summed E-state index contributed by atoms with van der Waals surface area (Å²) in [6.07, 6.45) is 2.45. The molecule has 0 aromatic carbocycles. The predicted molar refractivity (Wildman–Crippen MR) is 80.1 cm³/mol. The monoisotopic (exact) mass is 315 g/mol. The summed E-state index contributed by atoms with van der Waals surface area (Å²) >= 11 is 0. The van der Waals surface area contributed by atoms with Gasteiger partial charge in [0.05, 0.1) is 5.69 Å². The molecular formula is C15H17N5O3. The minimum atomic E-state index is -1.11. The summed E-state index contributed by atoms with van der Waals surface area (Å²) in [5.41, 5.74) is 6.20. The molecule has 0 aliphatic carbocycles. The Bertz CT molecular complexity index is 781. The molecule has 120 valence electrons. The highest BCUT2D eigenvalue weighted by atomic mass is 16.6. The van der Waals surface area contributed by atoms with E-state index in [1.165, 1.54) is 6.33 Å². The average Bonchev–Trinajstić information content (AvgIpc) is 3.18. The predicted octanol–water partition coefficient (Wildman–Crippen LogP) is 1.38. The molecule has 2 atom stereocenters. The fraction of sp³-hybridized carbons (Fsp3) is 0.467. The Hall–Kier alpha value is -2.66. The number of carbonyl (C=O) groups is 1. The highest BCUT2D eigenvalue weighted by molar-refractivity contribution is 5.69. The number of nitriles is 1. The van der Waals surface area contributed by atoms with Gasteiger partial charge >= 0.3 is 5.97 Å². The summed E-state index contributed by atoms with van der Waals surface area (Å²) in [6, 6.07) is 5.82. The maximum Gasteiger partial charge on any atom is 0.305 e. The summed E-state index contributed by atoms with van der Waals surface area (Å²) < 4.78 is 12.7. The lowest BCUT2D eigenvalue weighted by molar-refractivity contribution is -0.150. The SMILES string of the molecule is CCC(=O)OCC1(C#N)CCC(c2ccc3c(N)ncnn23)O1. The summed E-state index contributed by atoms with van der Waals surface area (Å²) in [7, 11) is 0. The molecule has 3 rings (SSSR count). The first kappa shape index (κ1) is 15.2. The van der Waals surface area contributed by atoms with Gasteiger partial charge < -0.3 is 15.2 Å². The van der Waals surface area contributed by atoms with Crippen LogP contribution in [0.25, 0.3) is 5.52 Å². The van der Waals surface area contributed by atoms with Gasteiger partial charge in [-0.15, -0.1) is 0 Å². The van der Waals surface area contributed by atoms with E-state index in [9.17, 15) is 10.1 Å². The first-order valence-corrected chi connectivity index (χ1v) is 7.41. The van der Waals surface area contributed by atoms with Gasteiger partial charge in [0, 0.05) is 6.42 Å². The molecule has 1 aliphatic heterocycles. The number of carbonyl (C=O) groups excluding carboxylic acids is 1. The molecule has 8 heteroatoms. The maximum atomic E-state index is 11.3. The zero-order valence-corrected chi connectivity index (χ0v) is 12.7. The first-order valence-electron chi connectivity index (χ1n) is 7.41. The molecule has 0 radical (unpaired) electrons. The van der Waals surface area contributed by atoms with E-state index in [-0.39, 0.29) is 25.1 Å². The fourth-order valence-electron chi connectivity index (χ4n) is 2.70. The van der Waals surface area contributed by atoms with Gasteiger partial charge in [-0.3, -0.25) is 4.79 Å². The third-order valence-corrected chi connectivity index (χ3v) is 3.98. The maximum absolute atomic E-state index is 11.3. The van der Waals surface area contributed by atoms with Gasteiger partial charge in [0.15, 0.2) is 11.4 Å². The number of aromatic nitrogens is 3. The molecular weight excluding hydrogens is 298 g/mol. The zero-order valence-electron chi connectivity index (χ0n) is 12.7. The highest BCUT2D eigenvalue weighted by Gasteiger charge is 2.43. The number of nitrogens with two attached hydrogens (primary N) is 1. The van der Waals surface area contributed by atoms with Crippen molar-refractivity contribution in [2.75, 3.05) is 12.3 Å². The molecule has 1 fully saturated rings. The average molecular weight is 315 g/mol. The van der Waals surface area contributed by atoms with E-state index in [0.717, 1.165) is 5.69 Å². The van der Waals surface area contributed by atoms with E-state index in [0.29, 0.717) is 24.2 Å². The zero-order chi connectivity index (χ0) is 16.4. The molecule has 1 saturated heterocycles. The van der Waals surface area contributed by atoms with Crippen molar-refractivity contribution in [2.24, 2.45) is 0 Å². The van der Waals surface area contributed by atoms with E-state index < -0.39 is 5.60 Å². The highest BCUT2D eigenvalue weighted by Crippen LogP contribution is 2.40. The van der Waals surface area contributed by atoms with Crippen LogP contribution in [0.15, 0.2) is 18.5 Å². The van der Waals surface area contributed by atoms with E-state index in [2.05, 4.69) is 16.2 Å². The Morgan fingerprint density at radius 3 is 3.22 bits per heavy atom. The Kier molecular flexibility index (Phi) is 3.88. The van der Waals surface area contributed by atoms with Crippen molar-refractivity contribution < 1.29 is 14.3 Å². The molecule has 2 aromatic rings. The Morgan fingerprint density at radius 1 is 1.65 bits per heavy atom. The fourth-order valence-corrected chi connectivity index (χ4v) is 2.70. The third-order valence-electron chi connectivity index (χ3n) is 3.98. The van der Waals surface area contributed by atoms with Crippen LogP contribution < -0.4 is 5.73 Å². The van der Waals surface area contributed by atoms with Crippen molar-refractivity contribution in [3.8, 4) is 6.07 Å². The number of fused-ring (bicyclic) bond motifs is 1. The number of nitrogen functional groups attached to an aromatic ring is 1. The van der Waals surface area contributed by atoms with Crippen LogP contribution in [0.2, 0.25) is 0 Å². The molecule has 1 aliphatic rings. The van der Waals surface area contributed by atoms with E-state index in [1.807, 2.05) is 12.1 Å². The summed E-state index contributed by atoms with van der Waals surface area (Å²) in [4.78, 5) is 15.3. The van der Waals surface area contributed by atoms with Crippen molar-refractivity contribution in [2.45, 2.75) is 37.9 Å². The van der Waals surface area contributed by atoms with Crippen LogP contribution >= 0.6 is 0 Å². The van der Waals surface area contributed by atoms with E-state index >= 15 is 0 Å². The van der Waals surface area contributed by atoms with Crippen LogP contribution in [0, 0.1) is 11.3 Å². The van der Waals surface area contributed by atoms with Crippen molar-refractivity contribution in [3.63, 3.8) is 0 Å². The smallest absolute Gasteiger partial charge is 0.305 e. The van der Waals surface area contributed by atoms with Crippen molar-refractivity contribution in [3.05, 3.63) is 24.2 Å². The van der Waals surface area contributed by atoms with Gasteiger partial charge in [0.25, 0.3) is 0 Å². The molecule has 0 amide bonds. The Balaban J connectivity index is 1.81. The van der Waals surface area contributed by atoms with Gasteiger partial charge in [-0.1, -0.05) is 6.92 Å². The summed E-state index contributed by atoms with van der Waals surface area (Å²) in [5, 5.41) is 13.6. The molecule has 0 bridgehead atoms. The number of esters is 1. The van der Waals surface area contributed by atoms with Gasteiger partial charge in [0.1, 0.15) is 30.6 Å². The lowest BCUT2D eigenvalue weighted by Crippen LogP contribution is -2.33. The largest absolute Gasteiger partial charge is 0.461 e. The van der Waals surface area contributed by atoms with E-state index in [4.69, 9.17) is 15.2 Å². The van der Waals surface area contributed by atoms with Gasteiger partial charge in [-0.2, -0.15) is 10.4 Å². The Morgan fingerprint density at radius 2 is 2.48 bits per heavy atom. The Labute approximate surface area is 132 Å². The van der Waals surface area contributed by atoms with Crippen molar-refractivity contribution in [1.29, 1.82) is 5.26 Å². The molecule has 2 aromatic heterocycles. The minimum Gasteiger partial charge on any atom is -0.461 e. The number of hydrogen-bond acceptors (Lipinski definition) is 7. The second-order valence-electron chi connectivity index (χ2n) is 5.47. The normalized spacial score (nSPS) is 23.7. The lowest BCUT2D eigenvalue weighted by atomic mass is 10.0. The van der Waals surface area contributed by atoms with Crippen LogP contribution in [0.4, 0.5) is 5.82 Å². The van der Waals surface area contributed by atoms with Gasteiger partial charge in [-0.25, -0.2) is 9.50 Å². The van der Waals surface area contributed by atoms with Crippen LogP contribution in [-0.4, -0.2) is 32.8 Å². The topological polar surface area (TPSA) is 116 Å². The minimum absolute atomic E-state index is 0.0624. The van der Waals surface area contributed by atoms with Crippen LogP contribution in [0.1, 0.15) is 38.0 Å². The van der Waals surface area contributed by atoms with Crippen molar-refractivity contribution >= 4 is 17.3 Å². The second-order valence-corrected chi connectivity index (χ2v) is 5.47. The summed E-state index contributed by atoms with van der Waals surface area (Å²) in [5.74, 6) is 0.0352. The molecule has 23 heavy (non-hydrogen) atoms.